The van der Waals surface area contributed by atoms with Gasteiger partial charge in [-0.3, -0.25) is 0 Å². The molecule has 1 atom stereocenters. The summed E-state index contributed by atoms with van der Waals surface area (Å²) in [5.74, 6) is 0.843. The Morgan fingerprint density at radius 3 is 2.07 bits per heavy atom. The lowest BCUT2D eigenvalue weighted by Crippen LogP contribution is -2.34. The van der Waals surface area contributed by atoms with Crippen molar-refractivity contribution in [3.8, 4) is 0 Å². The molecule has 0 saturated carbocycles. The highest BCUT2D eigenvalue weighted by molar-refractivity contribution is 4.81. The first-order valence-electron chi connectivity index (χ1n) is 6.34. The molecule has 0 aliphatic carbocycles. The van der Waals surface area contributed by atoms with Gasteiger partial charge < -0.3 is 4.90 Å². The molecule has 1 saturated heterocycles. The zero-order valence-electron chi connectivity index (χ0n) is 10.5. The van der Waals surface area contributed by atoms with Gasteiger partial charge in [0.15, 0.2) is 0 Å². The molecule has 0 aromatic heterocycles. The standard InChI is InChI=1S/C13H27N/c1-5-13(4,6-2)12(3)11-14-9-7-8-10-14/h12H,5-11H2,1-4H3. The summed E-state index contributed by atoms with van der Waals surface area (Å²) < 4.78 is 0. The van der Waals surface area contributed by atoms with Crippen molar-refractivity contribution < 1.29 is 0 Å². The number of rotatable bonds is 5. The number of hydrogen-bond donors (Lipinski definition) is 0. The molecular formula is C13H27N. The van der Waals surface area contributed by atoms with Crippen molar-refractivity contribution in [2.24, 2.45) is 11.3 Å². The first-order chi connectivity index (χ1) is 6.62. The normalized spacial score (nSPS) is 21.4. The molecule has 1 aliphatic heterocycles. The van der Waals surface area contributed by atoms with Crippen molar-refractivity contribution in [3.05, 3.63) is 0 Å². The van der Waals surface area contributed by atoms with Crippen molar-refractivity contribution in [2.75, 3.05) is 19.6 Å². The molecule has 0 spiro atoms. The highest BCUT2D eigenvalue weighted by Gasteiger charge is 2.29. The van der Waals surface area contributed by atoms with Crippen LogP contribution in [0.1, 0.15) is 53.4 Å². The number of hydrogen-bond acceptors (Lipinski definition) is 1. The van der Waals surface area contributed by atoms with Crippen molar-refractivity contribution in [3.63, 3.8) is 0 Å². The van der Waals surface area contributed by atoms with Crippen LogP contribution in [0.5, 0.6) is 0 Å². The van der Waals surface area contributed by atoms with Gasteiger partial charge in [-0.05, 0) is 37.3 Å². The first kappa shape index (κ1) is 12.0. The van der Waals surface area contributed by atoms with E-state index >= 15 is 0 Å². The van der Waals surface area contributed by atoms with Crippen LogP contribution < -0.4 is 0 Å². The molecule has 1 unspecified atom stereocenters. The Morgan fingerprint density at radius 1 is 1.14 bits per heavy atom. The van der Waals surface area contributed by atoms with E-state index in [0.29, 0.717) is 5.41 Å². The molecule has 1 fully saturated rings. The van der Waals surface area contributed by atoms with Crippen molar-refractivity contribution >= 4 is 0 Å². The predicted molar refractivity (Wildman–Crippen MR) is 63.5 cm³/mol. The first-order valence-corrected chi connectivity index (χ1v) is 6.34. The van der Waals surface area contributed by atoms with Crippen molar-refractivity contribution in [1.29, 1.82) is 0 Å². The Hall–Kier alpha value is -0.0400. The summed E-state index contributed by atoms with van der Waals surface area (Å²) >= 11 is 0. The van der Waals surface area contributed by atoms with E-state index in [0.717, 1.165) is 5.92 Å². The van der Waals surface area contributed by atoms with Gasteiger partial charge in [-0.2, -0.15) is 0 Å². The summed E-state index contributed by atoms with van der Waals surface area (Å²) in [7, 11) is 0. The van der Waals surface area contributed by atoms with Crippen molar-refractivity contribution in [1.82, 2.24) is 4.90 Å². The summed E-state index contributed by atoms with van der Waals surface area (Å²) in [5.41, 5.74) is 0.558. The van der Waals surface area contributed by atoms with E-state index in [9.17, 15) is 0 Å². The van der Waals surface area contributed by atoms with Crippen LogP contribution in [-0.4, -0.2) is 24.5 Å². The summed E-state index contributed by atoms with van der Waals surface area (Å²) in [6.07, 6.45) is 5.47. The van der Waals surface area contributed by atoms with E-state index in [1.807, 2.05) is 0 Å². The summed E-state index contributed by atoms with van der Waals surface area (Å²) in [6.45, 7) is 13.6. The minimum absolute atomic E-state index is 0.558. The van der Waals surface area contributed by atoms with Crippen LogP contribution >= 0.6 is 0 Å². The molecule has 1 nitrogen and oxygen atoms in total. The molecule has 14 heavy (non-hydrogen) atoms. The molecule has 0 amide bonds. The fourth-order valence-corrected chi connectivity index (χ4v) is 2.52. The van der Waals surface area contributed by atoms with E-state index in [2.05, 4.69) is 32.6 Å². The molecule has 1 heteroatoms. The van der Waals surface area contributed by atoms with Gasteiger partial charge in [0.1, 0.15) is 0 Å². The number of likely N-dealkylation sites (tertiary alicyclic amines) is 1. The Kier molecular flexibility index (Phi) is 4.43. The SMILES string of the molecule is CCC(C)(CC)C(C)CN1CCCC1. The minimum Gasteiger partial charge on any atom is -0.303 e. The van der Waals surface area contributed by atoms with Gasteiger partial charge in [0.25, 0.3) is 0 Å². The monoisotopic (exact) mass is 197 g/mol. The summed E-state index contributed by atoms with van der Waals surface area (Å²) in [4.78, 5) is 2.65. The van der Waals surface area contributed by atoms with Gasteiger partial charge in [0.05, 0.1) is 0 Å². The summed E-state index contributed by atoms with van der Waals surface area (Å²) in [6, 6.07) is 0. The van der Waals surface area contributed by atoms with E-state index in [-0.39, 0.29) is 0 Å². The fourth-order valence-electron chi connectivity index (χ4n) is 2.52. The van der Waals surface area contributed by atoms with Crippen LogP contribution in [0.15, 0.2) is 0 Å². The van der Waals surface area contributed by atoms with E-state index in [1.165, 1.54) is 45.3 Å². The van der Waals surface area contributed by atoms with E-state index in [4.69, 9.17) is 0 Å². The van der Waals surface area contributed by atoms with Crippen LogP contribution in [0.25, 0.3) is 0 Å². The molecule has 1 rings (SSSR count). The van der Waals surface area contributed by atoms with Crippen molar-refractivity contribution in [2.45, 2.75) is 53.4 Å². The van der Waals surface area contributed by atoms with Crippen LogP contribution in [0, 0.1) is 11.3 Å². The third-order valence-corrected chi connectivity index (χ3v) is 4.54. The maximum Gasteiger partial charge on any atom is 0.00122 e. The second-order valence-corrected chi connectivity index (χ2v) is 5.27. The van der Waals surface area contributed by atoms with Crippen LogP contribution in [0.2, 0.25) is 0 Å². The molecule has 0 aromatic rings. The van der Waals surface area contributed by atoms with E-state index in [1.54, 1.807) is 0 Å². The van der Waals surface area contributed by atoms with Gasteiger partial charge in [-0.1, -0.05) is 40.5 Å². The quantitative estimate of drug-likeness (QED) is 0.651. The summed E-state index contributed by atoms with van der Waals surface area (Å²) in [5, 5.41) is 0. The molecule has 1 aliphatic rings. The highest BCUT2D eigenvalue weighted by atomic mass is 15.1. The Labute approximate surface area is 89.9 Å². The predicted octanol–water partition coefficient (Wildman–Crippen LogP) is 3.54. The Morgan fingerprint density at radius 2 is 1.64 bits per heavy atom. The van der Waals surface area contributed by atoms with E-state index < -0.39 is 0 Å². The Bertz CT molecular complexity index is 155. The van der Waals surface area contributed by atoms with Gasteiger partial charge in [-0.25, -0.2) is 0 Å². The van der Waals surface area contributed by atoms with Crippen LogP contribution in [0.3, 0.4) is 0 Å². The Balaban J connectivity index is 2.42. The fraction of sp³-hybridized carbons (Fsp3) is 1.00. The third-order valence-electron chi connectivity index (χ3n) is 4.54. The molecule has 0 bridgehead atoms. The van der Waals surface area contributed by atoms with Gasteiger partial charge in [0.2, 0.25) is 0 Å². The molecule has 0 N–H and O–H groups in total. The lowest BCUT2D eigenvalue weighted by Gasteiger charge is -2.36. The van der Waals surface area contributed by atoms with Gasteiger partial charge in [0, 0.05) is 6.54 Å². The average molecular weight is 197 g/mol. The lowest BCUT2D eigenvalue weighted by molar-refractivity contribution is 0.136. The molecule has 0 radical (unpaired) electrons. The van der Waals surface area contributed by atoms with Gasteiger partial charge in [-0.15, -0.1) is 0 Å². The second kappa shape index (κ2) is 5.16. The maximum atomic E-state index is 2.65. The maximum absolute atomic E-state index is 2.65. The zero-order valence-corrected chi connectivity index (χ0v) is 10.5. The topological polar surface area (TPSA) is 3.24 Å². The zero-order chi connectivity index (χ0) is 10.6. The minimum atomic E-state index is 0.558. The van der Waals surface area contributed by atoms with Crippen LogP contribution in [-0.2, 0) is 0 Å². The second-order valence-electron chi connectivity index (χ2n) is 5.27. The average Bonchev–Trinajstić information content (AvgIpc) is 2.69. The molecular weight excluding hydrogens is 170 g/mol. The lowest BCUT2D eigenvalue weighted by atomic mass is 9.73. The molecule has 0 aromatic carbocycles. The highest BCUT2D eigenvalue weighted by Crippen LogP contribution is 2.35. The molecule has 1 heterocycles. The van der Waals surface area contributed by atoms with Crippen LogP contribution in [0.4, 0.5) is 0 Å². The third kappa shape index (κ3) is 2.73. The molecule has 84 valence electrons. The smallest absolute Gasteiger partial charge is 0.00122 e. The van der Waals surface area contributed by atoms with Gasteiger partial charge >= 0.3 is 0 Å². The number of nitrogens with zero attached hydrogens (tertiary/aromatic N) is 1. The largest absolute Gasteiger partial charge is 0.303 e.